The topological polar surface area (TPSA) is 48.0 Å². The van der Waals surface area contributed by atoms with Gasteiger partial charge in [-0.15, -0.1) is 0 Å². The van der Waals surface area contributed by atoms with Crippen LogP contribution in [0.2, 0.25) is 0 Å². The van der Waals surface area contributed by atoms with E-state index < -0.39 is 0 Å². The van der Waals surface area contributed by atoms with Crippen LogP contribution < -0.4 is 9.47 Å². The number of benzene rings is 2. The molecule has 0 fully saturated rings. The van der Waals surface area contributed by atoms with Crippen molar-refractivity contribution in [3.8, 4) is 22.6 Å². The van der Waals surface area contributed by atoms with Gasteiger partial charge in [0.05, 0.1) is 26.9 Å². The highest BCUT2D eigenvalue weighted by atomic mass is 19.1. The second-order valence-electron chi connectivity index (χ2n) is 6.34. The zero-order valence-corrected chi connectivity index (χ0v) is 15.0. The Kier molecular flexibility index (Phi) is 3.98. The molecular formula is C20H20FNO4. The number of ether oxygens (including phenoxy) is 3. The number of carbonyl (C=O) groups is 1. The third kappa shape index (κ3) is 2.25. The van der Waals surface area contributed by atoms with Crippen LogP contribution in [-0.4, -0.2) is 38.4 Å². The number of halogens is 1. The number of hydrogen-bond donors (Lipinski definition) is 0. The quantitative estimate of drug-likeness (QED) is 0.835. The molecule has 6 heteroatoms. The summed E-state index contributed by atoms with van der Waals surface area (Å²) in [4.78, 5) is 14.2. The molecule has 2 aromatic rings. The van der Waals surface area contributed by atoms with Gasteiger partial charge >= 0.3 is 6.09 Å². The van der Waals surface area contributed by atoms with Crippen LogP contribution >= 0.6 is 0 Å². The molecule has 1 unspecified atom stereocenters. The largest absolute Gasteiger partial charge is 0.493 e. The molecule has 0 N–H and O–H groups in total. The average Bonchev–Trinajstić information content (AvgIpc) is 2.97. The van der Waals surface area contributed by atoms with E-state index in [1.54, 1.807) is 32.1 Å². The molecule has 0 radical (unpaired) electrons. The van der Waals surface area contributed by atoms with E-state index in [0.717, 1.165) is 27.8 Å². The first-order chi connectivity index (χ1) is 12.6. The molecule has 2 aliphatic rings. The molecule has 4 rings (SSSR count). The van der Waals surface area contributed by atoms with E-state index in [9.17, 15) is 9.18 Å². The number of amides is 1. The molecule has 1 heterocycles. The second kappa shape index (κ2) is 6.20. The van der Waals surface area contributed by atoms with E-state index in [4.69, 9.17) is 14.2 Å². The highest BCUT2D eigenvalue weighted by Gasteiger charge is 2.43. The predicted molar refractivity (Wildman–Crippen MR) is 94.2 cm³/mol. The number of rotatable bonds is 3. The van der Waals surface area contributed by atoms with Gasteiger partial charge in [0.1, 0.15) is 5.82 Å². The summed E-state index contributed by atoms with van der Waals surface area (Å²) in [5.41, 5.74) is 4.54. The van der Waals surface area contributed by atoms with Crippen molar-refractivity contribution in [1.82, 2.24) is 4.90 Å². The third-order valence-electron chi connectivity index (χ3n) is 5.08. The molecule has 1 atom stereocenters. The lowest BCUT2D eigenvalue weighted by molar-refractivity contribution is 0.0944. The van der Waals surface area contributed by atoms with Crippen LogP contribution in [0.3, 0.4) is 0 Å². The molecule has 0 saturated heterocycles. The van der Waals surface area contributed by atoms with Crippen molar-refractivity contribution in [1.29, 1.82) is 0 Å². The van der Waals surface area contributed by atoms with Gasteiger partial charge < -0.3 is 14.2 Å². The number of fused-ring (bicyclic) bond motifs is 3. The fourth-order valence-electron chi connectivity index (χ4n) is 4.09. The van der Waals surface area contributed by atoms with Gasteiger partial charge in [-0.2, -0.15) is 0 Å². The lowest BCUT2D eigenvalue weighted by Gasteiger charge is -2.35. The van der Waals surface area contributed by atoms with Gasteiger partial charge in [-0.1, -0.05) is 6.07 Å². The van der Waals surface area contributed by atoms with Gasteiger partial charge in [0.2, 0.25) is 0 Å². The molecule has 2 aromatic carbocycles. The maximum atomic E-state index is 14.0. The molecule has 26 heavy (non-hydrogen) atoms. The van der Waals surface area contributed by atoms with Crippen LogP contribution in [0, 0.1) is 5.82 Å². The number of methoxy groups -OCH3 is 2. The van der Waals surface area contributed by atoms with Gasteiger partial charge in [0.25, 0.3) is 0 Å². The Morgan fingerprint density at radius 1 is 1.27 bits per heavy atom. The Morgan fingerprint density at radius 2 is 2.08 bits per heavy atom. The van der Waals surface area contributed by atoms with Crippen molar-refractivity contribution in [2.24, 2.45) is 0 Å². The SMILES string of the molecule is CCOC(=O)N1CCc2cc(OC)c(OC)c3c2C1c1cc(F)ccc1-3. The van der Waals surface area contributed by atoms with Crippen LogP contribution in [0.15, 0.2) is 24.3 Å². The third-order valence-corrected chi connectivity index (χ3v) is 5.08. The summed E-state index contributed by atoms with van der Waals surface area (Å²) in [7, 11) is 3.19. The predicted octanol–water partition coefficient (Wildman–Crippen LogP) is 3.93. The normalized spacial score (nSPS) is 16.8. The minimum Gasteiger partial charge on any atom is -0.493 e. The van der Waals surface area contributed by atoms with Gasteiger partial charge in [-0.25, -0.2) is 9.18 Å². The van der Waals surface area contributed by atoms with Crippen LogP contribution in [0.4, 0.5) is 9.18 Å². The lowest BCUT2D eigenvalue weighted by Crippen LogP contribution is -2.40. The summed E-state index contributed by atoms with van der Waals surface area (Å²) in [5.74, 6) is 0.910. The molecule has 1 aliphatic heterocycles. The first-order valence-corrected chi connectivity index (χ1v) is 8.61. The van der Waals surface area contributed by atoms with Crippen LogP contribution in [0.1, 0.15) is 29.7 Å². The van der Waals surface area contributed by atoms with Crippen LogP contribution in [-0.2, 0) is 11.2 Å². The molecule has 1 amide bonds. The average molecular weight is 357 g/mol. The summed E-state index contributed by atoms with van der Waals surface area (Å²) in [6, 6.07) is 6.24. The highest BCUT2D eigenvalue weighted by Crippen LogP contribution is 2.56. The van der Waals surface area contributed by atoms with Crippen LogP contribution in [0.25, 0.3) is 11.1 Å². The highest BCUT2D eigenvalue weighted by molar-refractivity contribution is 5.88. The van der Waals surface area contributed by atoms with Gasteiger partial charge in [0.15, 0.2) is 11.5 Å². The zero-order chi connectivity index (χ0) is 18.4. The first-order valence-electron chi connectivity index (χ1n) is 8.61. The maximum absolute atomic E-state index is 14.0. The monoisotopic (exact) mass is 357 g/mol. The first kappa shape index (κ1) is 16.7. The minimum atomic E-state index is -0.388. The summed E-state index contributed by atoms with van der Waals surface area (Å²) >= 11 is 0. The Morgan fingerprint density at radius 3 is 2.77 bits per heavy atom. The van der Waals surface area contributed by atoms with Gasteiger partial charge in [-0.3, -0.25) is 4.90 Å². The number of nitrogens with zero attached hydrogens (tertiary/aromatic N) is 1. The summed E-state index contributed by atoms with van der Waals surface area (Å²) in [6.07, 6.45) is 0.287. The van der Waals surface area contributed by atoms with Gasteiger partial charge in [-0.05, 0) is 53.8 Å². The fourth-order valence-corrected chi connectivity index (χ4v) is 4.09. The molecular weight excluding hydrogens is 337 g/mol. The molecule has 1 aliphatic carbocycles. The van der Waals surface area contributed by atoms with Crippen LogP contribution in [0.5, 0.6) is 11.5 Å². The Bertz CT molecular complexity index is 896. The lowest BCUT2D eigenvalue weighted by atomic mass is 9.91. The Balaban J connectivity index is 2.00. The van der Waals surface area contributed by atoms with Gasteiger partial charge in [0, 0.05) is 12.1 Å². The molecule has 0 bridgehead atoms. The second-order valence-corrected chi connectivity index (χ2v) is 6.34. The van der Waals surface area contributed by atoms with Crippen molar-refractivity contribution >= 4 is 6.09 Å². The molecule has 0 saturated carbocycles. The minimum absolute atomic E-state index is 0.295. The van der Waals surface area contributed by atoms with Crippen molar-refractivity contribution < 1.29 is 23.4 Å². The van der Waals surface area contributed by atoms with Crippen molar-refractivity contribution in [3.05, 3.63) is 46.8 Å². The Labute approximate surface area is 151 Å². The van der Waals surface area contributed by atoms with E-state index in [1.165, 1.54) is 12.1 Å². The molecule has 136 valence electrons. The van der Waals surface area contributed by atoms with Crippen molar-refractivity contribution in [3.63, 3.8) is 0 Å². The summed E-state index contributed by atoms with van der Waals surface area (Å²) in [6.45, 7) is 2.57. The van der Waals surface area contributed by atoms with E-state index in [0.29, 0.717) is 31.1 Å². The fraction of sp³-hybridized carbons (Fsp3) is 0.350. The Hall–Kier alpha value is -2.76. The summed E-state index contributed by atoms with van der Waals surface area (Å²) < 4.78 is 30.4. The van der Waals surface area contributed by atoms with Crippen molar-refractivity contribution in [2.45, 2.75) is 19.4 Å². The van der Waals surface area contributed by atoms with Crippen molar-refractivity contribution in [2.75, 3.05) is 27.4 Å². The maximum Gasteiger partial charge on any atom is 0.410 e. The standard InChI is InChI=1S/C20H20FNO4/c1-4-26-20(23)22-8-7-11-9-15(24-2)19(25-3)17-13-6-5-12(21)10-14(13)18(22)16(11)17/h5-6,9-10,18H,4,7-8H2,1-3H3. The van der Waals surface area contributed by atoms with E-state index in [1.807, 2.05) is 6.07 Å². The molecule has 0 spiro atoms. The van der Waals surface area contributed by atoms with E-state index in [-0.39, 0.29) is 18.0 Å². The number of hydrogen-bond acceptors (Lipinski definition) is 4. The molecule has 0 aromatic heterocycles. The van der Waals surface area contributed by atoms with E-state index >= 15 is 0 Å². The summed E-state index contributed by atoms with van der Waals surface area (Å²) in [5, 5.41) is 0. The number of carbonyl (C=O) groups excluding carboxylic acids is 1. The smallest absolute Gasteiger partial charge is 0.410 e. The zero-order valence-electron chi connectivity index (χ0n) is 15.0. The molecule has 5 nitrogen and oxygen atoms in total. The van der Waals surface area contributed by atoms with E-state index in [2.05, 4.69) is 0 Å².